The predicted octanol–water partition coefficient (Wildman–Crippen LogP) is 7.68. The molecule has 3 rings (SSSR count). The molecule has 0 radical (unpaired) electrons. The van der Waals surface area contributed by atoms with Gasteiger partial charge in [-0.3, -0.25) is 0 Å². The summed E-state index contributed by atoms with van der Waals surface area (Å²) in [7, 11) is 0. The maximum absolute atomic E-state index is 6.31. The smallest absolute Gasteiger partial charge is 0.0809 e. The van der Waals surface area contributed by atoms with Gasteiger partial charge in [0.25, 0.3) is 0 Å². The average molecular weight is 404 g/mol. The second-order valence-electron chi connectivity index (χ2n) is 4.72. The molecule has 0 aliphatic carbocycles. The molecule has 0 saturated heterocycles. The normalized spacial score (nSPS) is 10.8. The maximum Gasteiger partial charge on any atom is 0.0809 e. The summed E-state index contributed by atoms with van der Waals surface area (Å²) in [5.74, 6) is 0. The number of hydrogen-bond donors (Lipinski definition) is 0. The van der Waals surface area contributed by atoms with Gasteiger partial charge in [-0.15, -0.1) is 0 Å². The predicted molar refractivity (Wildman–Crippen MR) is 100 cm³/mol. The molecule has 1 nitrogen and oxygen atoms in total. The van der Waals surface area contributed by atoms with Crippen LogP contribution in [-0.4, -0.2) is 4.98 Å². The van der Waals surface area contributed by atoms with Gasteiger partial charge >= 0.3 is 0 Å². The summed E-state index contributed by atoms with van der Waals surface area (Å²) < 4.78 is 0. The van der Waals surface area contributed by atoms with E-state index in [1.165, 1.54) is 0 Å². The number of pyridine rings is 1. The zero-order valence-corrected chi connectivity index (χ0v) is 15.2. The Morgan fingerprint density at radius 1 is 0.522 bits per heavy atom. The van der Waals surface area contributed by atoms with Crippen molar-refractivity contribution >= 4 is 58.0 Å². The fourth-order valence-corrected chi connectivity index (χ4v) is 3.51. The van der Waals surface area contributed by atoms with Crippen LogP contribution in [0.3, 0.4) is 0 Å². The summed E-state index contributed by atoms with van der Waals surface area (Å²) in [6, 6.07) is 15.3. The molecule has 0 aliphatic rings. The summed E-state index contributed by atoms with van der Waals surface area (Å²) in [5, 5.41) is 0.896. The highest BCUT2D eigenvalue weighted by Gasteiger charge is 2.21. The summed E-state index contributed by atoms with van der Waals surface area (Å²) in [4.78, 5) is 4.62. The lowest BCUT2D eigenvalue weighted by Crippen LogP contribution is -1.91. The van der Waals surface area contributed by atoms with Gasteiger partial charge in [-0.1, -0.05) is 94.4 Å². The number of halogens is 5. The molecule has 0 saturated carbocycles. The lowest BCUT2D eigenvalue weighted by molar-refractivity contribution is 1.32. The number of aromatic nitrogens is 1. The highest BCUT2D eigenvalue weighted by Crippen LogP contribution is 2.47. The van der Waals surface area contributed by atoms with E-state index < -0.39 is 0 Å². The number of hydrogen-bond acceptors (Lipinski definition) is 1. The Morgan fingerprint density at radius 3 is 1.65 bits per heavy atom. The fourth-order valence-electron chi connectivity index (χ4n) is 2.17. The van der Waals surface area contributed by atoms with Gasteiger partial charge < -0.3 is 0 Å². The zero-order chi connectivity index (χ0) is 16.6. The lowest BCUT2D eigenvalue weighted by atomic mass is 10.1. The third-order valence-electron chi connectivity index (χ3n) is 3.28. The lowest BCUT2D eigenvalue weighted by Gasteiger charge is -2.13. The van der Waals surface area contributed by atoms with Crippen LogP contribution in [0.1, 0.15) is 0 Å². The van der Waals surface area contributed by atoms with Gasteiger partial charge in [0, 0.05) is 11.1 Å². The Bertz CT molecular complexity index is 849. The van der Waals surface area contributed by atoms with E-state index in [4.69, 9.17) is 58.0 Å². The van der Waals surface area contributed by atoms with Crippen molar-refractivity contribution in [2.45, 2.75) is 0 Å². The van der Waals surface area contributed by atoms with Gasteiger partial charge in [0.15, 0.2) is 0 Å². The zero-order valence-electron chi connectivity index (χ0n) is 11.5. The molecule has 23 heavy (non-hydrogen) atoms. The number of benzene rings is 2. The molecule has 116 valence electrons. The van der Waals surface area contributed by atoms with Gasteiger partial charge in [-0.25, -0.2) is 4.98 Å². The van der Waals surface area contributed by atoms with Crippen molar-refractivity contribution in [3.63, 3.8) is 0 Å². The second-order valence-corrected chi connectivity index (χ2v) is 6.61. The van der Waals surface area contributed by atoms with Gasteiger partial charge in [-0.05, 0) is 12.1 Å². The fraction of sp³-hybridized carbons (Fsp3) is 0. The first kappa shape index (κ1) is 16.9. The van der Waals surface area contributed by atoms with E-state index >= 15 is 0 Å². The molecule has 0 atom stereocenters. The van der Waals surface area contributed by atoms with Crippen molar-refractivity contribution in [2.24, 2.45) is 0 Å². The molecule has 6 heteroatoms. The SMILES string of the molecule is Clc1c(Cl)c(Cl)c(-c2cccc(-c3ccccc3)n2)c(Cl)c1Cl. The van der Waals surface area contributed by atoms with Crippen LogP contribution in [0.2, 0.25) is 25.1 Å². The molecule has 0 fully saturated rings. The molecule has 1 heterocycles. The Kier molecular flexibility index (Phi) is 5.05. The second kappa shape index (κ2) is 6.88. The quantitative estimate of drug-likeness (QED) is 0.316. The first-order valence-corrected chi connectivity index (χ1v) is 8.44. The van der Waals surface area contributed by atoms with Crippen molar-refractivity contribution in [3.05, 3.63) is 73.6 Å². The Morgan fingerprint density at radius 2 is 1.04 bits per heavy atom. The van der Waals surface area contributed by atoms with Crippen molar-refractivity contribution < 1.29 is 0 Å². The van der Waals surface area contributed by atoms with Gasteiger partial charge in [-0.2, -0.15) is 0 Å². The molecule has 0 N–H and O–H groups in total. The Labute approximate surface area is 158 Å². The average Bonchev–Trinajstić information content (AvgIpc) is 2.59. The maximum atomic E-state index is 6.31. The van der Waals surface area contributed by atoms with Crippen LogP contribution >= 0.6 is 58.0 Å². The van der Waals surface area contributed by atoms with Crippen LogP contribution < -0.4 is 0 Å². The topological polar surface area (TPSA) is 12.9 Å². The van der Waals surface area contributed by atoms with Crippen LogP contribution in [-0.2, 0) is 0 Å². The summed E-state index contributed by atoms with van der Waals surface area (Å²) >= 11 is 30.9. The monoisotopic (exact) mass is 401 g/mol. The minimum Gasteiger partial charge on any atom is -0.248 e. The van der Waals surface area contributed by atoms with E-state index in [0.717, 1.165) is 11.3 Å². The first-order valence-electron chi connectivity index (χ1n) is 6.55. The van der Waals surface area contributed by atoms with Gasteiger partial charge in [0.2, 0.25) is 0 Å². The van der Waals surface area contributed by atoms with Crippen LogP contribution in [0.15, 0.2) is 48.5 Å². The number of nitrogens with zero attached hydrogens (tertiary/aromatic N) is 1. The molecule has 0 amide bonds. The molecule has 0 bridgehead atoms. The van der Waals surface area contributed by atoms with Crippen LogP contribution in [0.25, 0.3) is 22.5 Å². The van der Waals surface area contributed by atoms with E-state index in [1.54, 1.807) is 6.07 Å². The Hall–Kier alpha value is -0.960. The molecular weight excluding hydrogens is 395 g/mol. The van der Waals surface area contributed by atoms with Crippen molar-refractivity contribution in [3.8, 4) is 22.5 Å². The van der Waals surface area contributed by atoms with E-state index in [9.17, 15) is 0 Å². The molecule has 1 aromatic heterocycles. The summed E-state index contributed by atoms with van der Waals surface area (Å²) in [5.41, 5.74) is 2.80. The van der Waals surface area contributed by atoms with E-state index in [0.29, 0.717) is 11.3 Å². The molecule has 0 spiro atoms. The molecule has 0 aliphatic heterocycles. The van der Waals surface area contributed by atoms with Crippen LogP contribution in [0, 0.1) is 0 Å². The van der Waals surface area contributed by atoms with E-state index in [-0.39, 0.29) is 25.1 Å². The minimum absolute atomic E-state index is 0.131. The summed E-state index contributed by atoms with van der Waals surface area (Å²) in [6.45, 7) is 0. The minimum atomic E-state index is 0.131. The van der Waals surface area contributed by atoms with Gasteiger partial charge in [0.1, 0.15) is 0 Å². The van der Waals surface area contributed by atoms with Gasteiger partial charge in [0.05, 0.1) is 36.5 Å². The van der Waals surface area contributed by atoms with Crippen LogP contribution in [0.4, 0.5) is 0 Å². The highest BCUT2D eigenvalue weighted by molar-refractivity contribution is 6.56. The summed E-state index contributed by atoms with van der Waals surface area (Å²) in [6.07, 6.45) is 0. The highest BCUT2D eigenvalue weighted by atomic mass is 35.5. The molecular formula is C17H8Cl5N. The Balaban J connectivity index is 2.21. The molecule has 0 unspecified atom stereocenters. The van der Waals surface area contributed by atoms with E-state index in [2.05, 4.69) is 4.98 Å². The largest absolute Gasteiger partial charge is 0.248 e. The van der Waals surface area contributed by atoms with Crippen molar-refractivity contribution in [1.82, 2.24) is 4.98 Å². The van der Waals surface area contributed by atoms with Crippen LogP contribution in [0.5, 0.6) is 0 Å². The number of rotatable bonds is 2. The molecule has 3 aromatic rings. The van der Waals surface area contributed by atoms with Crippen molar-refractivity contribution in [2.75, 3.05) is 0 Å². The first-order chi connectivity index (χ1) is 11.0. The third kappa shape index (κ3) is 3.17. The third-order valence-corrected chi connectivity index (χ3v) is 5.56. The van der Waals surface area contributed by atoms with Crippen molar-refractivity contribution in [1.29, 1.82) is 0 Å². The standard InChI is InChI=1S/C17H8Cl5N/c18-13-12(14(19)16(21)17(22)15(13)20)11-8-4-7-10(23-11)9-5-2-1-3-6-9/h1-8H. The molecule has 2 aromatic carbocycles. The van der Waals surface area contributed by atoms with E-state index in [1.807, 2.05) is 42.5 Å².